The van der Waals surface area contributed by atoms with Crippen molar-refractivity contribution in [3.05, 3.63) is 0 Å². The molecule has 0 rings (SSSR count). The van der Waals surface area contributed by atoms with Crippen LogP contribution in [0.25, 0.3) is 0 Å². The summed E-state index contributed by atoms with van der Waals surface area (Å²) in [5.41, 5.74) is 5.85. The van der Waals surface area contributed by atoms with Crippen LogP contribution in [-0.4, -0.2) is 64.0 Å². The second kappa shape index (κ2) is 13.7. The molecule has 11 nitrogen and oxygen atoms in total. The molecule has 0 bridgehead atoms. The Morgan fingerprint density at radius 1 is 0.750 bits per heavy atom. The second-order valence-electron chi connectivity index (χ2n) is 9.02. The lowest BCUT2D eigenvalue weighted by Gasteiger charge is -2.28. The van der Waals surface area contributed by atoms with Gasteiger partial charge in [-0.15, -0.1) is 0 Å². The van der Waals surface area contributed by atoms with Gasteiger partial charge < -0.3 is 31.9 Å². The molecule has 0 aliphatic rings. The molecule has 0 saturated heterocycles. The number of carbonyl (C=O) groups excluding carboxylic acids is 3. The van der Waals surface area contributed by atoms with Crippen molar-refractivity contribution < 1.29 is 34.2 Å². The number of carbonyl (C=O) groups is 5. The first kappa shape index (κ1) is 29.3. The van der Waals surface area contributed by atoms with Crippen molar-refractivity contribution >= 4 is 29.7 Å². The fraction of sp³-hybridized carbons (Fsp3) is 0.762. The van der Waals surface area contributed by atoms with Crippen molar-refractivity contribution in [1.82, 2.24) is 16.0 Å². The lowest BCUT2D eigenvalue weighted by Crippen LogP contribution is -2.59. The summed E-state index contributed by atoms with van der Waals surface area (Å²) < 4.78 is 0. The highest BCUT2D eigenvalue weighted by Crippen LogP contribution is 2.10. The summed E-state index contributed by atoms with van der Waals surface area (Å²) in [6.45, 7) is 10.7. The molecule has 0 aromatic carbocycles. The highest BCUT2D eigenvalue weighted by molar-refractivity contribution is 5.94. The summed E-state index contributed by atoms with van der Waals surface area (Å²) in [4.78, 5) is 60.1. The normalized spacial score (nSPS) is 15.1. The van der Waals surface area contributed by atoms with E-state index in [4.69, 9.17) is 10.8 Å². The highest BCUT2D eigenvalue weighted by atomic mass is 16.4. The summed E-state index contributed by atoms with van der Waals surface area (Å²) in [5.74, 6) is -4.84. The van der Waals surface area contributed by atoms with Crippen LogP contribution in [0.4, 0.5) is 0 Å². The molecule has 184 valence electrons. The smallest absolute Gasteiger partial charge is 0.326 e. The predicted octanol–water partition coefficient (Wildman–Crippen LogP) is 0.0756. The van der Waals surface area contributed by atoms with E-state index in [0.717, 1.165) is 0 Å². The molecule has 0 spiro atoms. The fourth-order valence-corrected chi connectivity index (χ4v) is 2.85. The zero-order valence-corrected chi connectivity index (χ0v) is 19.7. The monoisotopic (exact) mass is 458 g/mol. The van der Waals surface area contributed by atoms with Crippen molar-refractivity contribution in [2.24, 2.45) is 23.5 Å². The van der Waals surface area contributed by atoms with Crippen LogP contribution in [0.2, 0.25) is 0 Å². The number of nitrogens with one attached hydrogen (secondary N) is 3. The summed E-state index contributed by atoms with van der Waals surface area (Å²) in [7, 11) is 0. The summed E-state index contributed by atoms with van der Waals surface area (Å²) in [6.07, 6.45) is -0.514. The van der Waals surface area contributed by atoms with E-state index < -0.39 is 60.2 Å². The average Bonchev–Trinajstić information content (AvgIpc) is 2.66. The molecule has 0 aliphatic heterocycles. The number of carboxylic acid groups (broad SMARTS) is 2. The van der Waals surface area contributed by atoms with Gasteiger partial charge in [0.1, 0.15) is 18.1 Å². The van der Waals surface area contributed by atoms with Crippen LogP contribution in [0.5, 0.6) is 0 Å². The molecule has 4 atom stereocenters. The van der Waals surface area contributed by atoms with E-state index in [0.29, 0.717) is 0 Å². The summed E-state index contributed by atoms with van der Waals surface area (Å²) in [5, 5.41) is 25.6. The van der Waals surface area contributed by atoms with Crippen molar-refractivity contribution in [1.29, 1.82) is 0 Å². The number of carboxylic acids is 2. The van der Waals surface area contributed by atoms with Gasteiger partial charge in [0, 0.05) is 6.42 Å². The molecule has 0 radical (unpaired) electrons. The van der Waals surface area contributed by atoms with Crippen molar-refractivity contribution in [3.8, 4) is 0 Å². The molecular weight excluding hydrogens is 420 g/mol. The third kappa shape index (κ3) is 10.6. The van der Waals surface area contributed by atoms with E-state index in [1.54, 1.807) is 27.7 Å². The van der Waals surface area contributed by atoms with Gasteiger partial charge in [0.05, 0.1) is 6.04 Å². The molecule has 0 aromatic rings. The van der Waals surface area contributed by atoms with Crippen molar-refractivity contribution in [2.75, 3.05) is 0 Å². The minimum absolute atomic E-state index is 0.0187. The van der Waals surface area contributed by atoms with Crippen molar-refractivity contribution in [3.63, 3.8) is 0 Å². The maximum absolute atomic E-state index is 12.9. The molecule has 0 aromatic heterocycles. The van der Waals surface area contributed by atoms with Crippen LogP contribution < -0.4 is 21.7 Å². The maximum atomic E-state index is 12.9. The lowest BCUT2D eigenvalue weighted by molar-refractivity contribution is -0.143. The molecule has 4 unspecified atom stereocenters. The van der Waals surface area contributed by atoms with E-state index in [-0.39, 0.29) is 30.6 Å². The van der Waals surface area contributed by atoms with E-state index in [1.165, 1.54) is 0 Å². The first-order chi connectivity index (χ1) is 14.7. The summed E-state index contributed by atoms with van der Waals surface area (Å²) in [6, 6.07) is -4.22. The second-order valence-corrected chi connectivity index (χ2v) is 9.02. The van der Waals surface area contributed by atoms with Gasteiger partial charge in [-0.3, -0.25) is 19.2 Å². The number of amides is 3. The van der Waals surface area contributed by atoms with Crippen LogP contribution in [-0.2, 0) is 24.0 Å². The molecule has 7 N–H and O–H groups in total. The van der Waals surface area contributed by atoms with Gasteiger partial charge in [0.25, 0.3) is 0 Å². The standard InChI is InChI=1S/C21H38N4O7/c1-10(2)9-14(18(28)23-13(21(31)32)7-8-15(26)27)24-20(30)17(12(5)6)25-19(29)16(22)11(3)4/h10-14,16-17H,7-9,22H2,1-6H3,(H,23,28)(H,24,30)(H,25,29)(H,26,27)(H,31,32). The Labute approximate surface area is 188 Å². The number of rotatable bonds is 14. The Kier molecular flexibility index (Phi) is 12.5. The third-order valence-electron chi connectivity index (χ3n) is 4.87. The van der Waals surface area contributed by atoms with Gasteiger partial charge in [-0.05, 0) is 30.6 Å². The Balaban J connectivity index is 5.45. The fourth-order valence-electron chi connectivity index (χ4n) is 2.85. The first-order valence-corrected chi connectivity index (χ1v) is 10.8. The molecule has 11 heteroatoms. The van der Waals surface area contributed by atoms with Crippen molar-refractivity contribution in [2.45, 2.75) is 85.0 Å². The van der Waals surface area contributed by atoms with E-state index in [2.05, 4.69) is 16.0 Å². The van der Waals surface area contributed by atoms with Gasteiger partial charge in [0.2, 0.25) is 17.7 Å². The number of aliphatic carboxylic acids is 2. The van der Waals surface area contributed by atoms with E-state index >= 15 is 0 Å². The van der Waals surface area contributed by atoms with Crippen LogP contribution in [0.1, 0.15) is 60.8 Å². The molecule has 0 saturated carbocycles. The molecule has 0 aliphatic carbocycles. The molecule has 0 fully saturated rings. The molecule has 3 amide bonds. The largest absolute Gasteiger partial charge is 0.481 e. The van der Waals surface area contributed by atoms with Gasteiger partial charge >= 0.3 is 11.9 Å². The number of hydrogen-bond donors (Lipinski definition) is 6. The Morgan fingerprint density at radius 2 is 1.28 bits per heavy atom. The quantitative estimate of drug-likeness (QED) is 0.211. The average molecular weight is 459 g/mol. The SMILES string of the molecule is CC(C)CC(NC(=O)C(NC(=O)C(N)C(C)C)C(C)C)C(=O)NC(CCC(=O)O)C(=O)O. The van der Waals surface area contributed by atoms with Crippen LogP contribution in [0.3, 0.4) is 0 Å². The van der Waals surface area contributed by atoms with Crippen LogP contribution >= 0.6 is 0 Å². The zero-order chi connectivity index (χ0) is 25.2. The van der Waals surface area contributed by atoms with Gasteiger partial charge in [-0.1, -0.05) is 41.5 Å². The molecule has 32 heavy (non-hydrogen) atoms. The lowest BCUT2D eigenvalue weighted by atomic mass is 9.98. The predicted molar refractivity (Wildman–Crippen MR) is 117 cm³/mol. The van der Waals surface area contributed by atoms with Gasteiger partial charge in [-0.2, -0.15) is 0 Å². The first-order valence-electron chi connectivity index (χ1n) is 10.8. The minimum Gasteiger partial charge on any atom is -0.481 e. The zero-order valence-electron chi connectivity index (χ0n) is 19.7. The maximum Gasteiger partial charge on any atom is 0.326 e. The topological polar surface area (TPSA) is 188 Å². The van der Waals surface area contributed by atoms with Crippen LogP contribution in [0.15, 0.2) is 0 Å². The Morgan fingerprint density at radius 3 is 1.69 bits per heavy atom. The third-order valence-corrected chi connectivity index (χ3v) is 4.87. The van der Waals surface area contributed by atoms with E-state index in [1.807, 2.05) is 13.8 Å². The molecule has 0 heterocycles. The van der Waals surface area contributed by atoms with E-state index in [9.17, 15) is 29.1 Å². The Hall–Kier alpha value is -2.69. The highest BCUT2D eigenvalue weighted by Gasteiger charge is 2.32. The summed E-state index contributed by atoms with van der Waals surface area (Å²) >= 11 is 0. The van der Waals surface area contributed by atoms with Gasteiger partial charge in [-0.25, -0.2) is 4.79 Å². The van der Waals surface area contributed by atoms with Crippen LogP contribution in [0, 0.1) is 17.8 Å². The number of hydrogen-bond acceptors (Lipinski definition) is 6. The van der Waals surface area contributed by atoms with Gasteiger partial charge in [0.15, 0.2) is 0 Å². The minimum atomic E-state index is -1.41. The molecular formula is C21H38N4O7. The number of nitrogens with two attached hydrogens (primary N) is 1. The Bertz CT molecular complexity index is 679.